The van der Waals surface area contributed by atoms with E-state index in [-0.39, 0.29) is 17.5 Å². The lowest BCUT2D eigenvalue weighted by molar-refractivity contribution is -0.119. The molecule has 0 aliphatic heterocycles. The number of carbonyl (C=O) groups is 2. The Kier molecular flexibility index (Phi) is 6.82. The standard InChI is InChI=1S/C27H26N4O3/c1-3-22(26(33)28-18-12-6-5-7-13-18)31-23-17-11-10-16-21(23)30-25(27(31)34)19-14-8-9-15-20(19)29-24(32)4-2/h5-17,22H,3-4H2,1-2H3,(H,28,33)(H,29,32)/t22-/m0/s1. The van der Waals surface area contributed by atoms with Gasteiger partial charge in [0, 0.05) is 17.7 Å². The Labute approximate surface area is 197 Å². The van der Waals surface area contributed by atoms with Gasteiger partial charge in [-0.05, 0) is 36.8 Å². The number of rotatable bonds is 7. The van der Waals surface area contributed by atoms with Crippen LogP contribution < -0.4 is 16.2 Å². The summed E-state index contributed by atoms with van der Waals surface area (Å²) in [6, 6.07) is 22.7. The van der Waals surface area contributed by atoms with Crippen molar-refractivity contribution in [2.24, 2.45) is 0 Å². The highest BCUT2D eigenvalue weighted by atomic mass is 16.2. The topological polar surface area (TPSA) is 93.1 Å². The van der Waals surface area contributed by atoms with Gasteiger partial charge in [0.2, 0.25) is 11.8 Å². The third-order valence-corrected chi connectivity index (χ3v) is 5.61. The first kappa shape index (κ1) is 22.9. The van der Waals surface area contributed by atoms with Crippen molar-refractivity contribution in [1.29, 1.82) is 0 Å². The van der Waals surface area contributed by atoms with E-state index in [1.54, 1.807) is 49.4 Å². The molecule has 34 heavy (non-hydrogen) atoms. The van der Waals surface area contributed by atoms with Crippen molar-refractivity contribution in [2.45, 2.75) is 32.7 Å². The first-order valence-electron chi connectivity index (χ1n) is 11.3. The Morgan fingerprint density at radius 3 is 2.29 bits per heavy atom. The largest absolute Gasteiger partial charge is 0.325 e. The van der Waals surface area contributed by atoms with Crippen LogP contribution in [0.15, 0.2) is 83.7 Å². The minimum absolute atomic E-state index is 0.165. The predicted molar refractivity (Wildman–Crippen MR) is 135 cm³/mol. The van der Waals surface area contributed by atoms with Crippen LogP contribution in [0.1, 0.15) is 32.7 Å². The fourth-order valence-electron chi connectivity index (χ4n) is 3.91. The van der Waals surface area contributed by atoms with E-state index in [1.165, 1.54) is 4.57 Å². The van der Waals surface area contributed by atoms with E-state index >= 15 is 0 Å². The van der Waals surface area contributed by atoms with Gasteiger partial charge < -0.3 is 10.6 Å². The van der Waals surface area contributed by atoms with Gasteiger partial charge in [0.25, 0.3) is 5.56 Å². The zero-order valence-corrected chi connectivity index (χ0v) is 19.1. The molecule has 0 unspecified atom stereocenters. The van der Waals surface area contributed by atoms with E-state index in [0.29, 0.717) is 40.8 Å². The summed E-state index contributed by atoms with van der Waals surface area (Å²) in [5, 5.41) is 5.76. The quantitative estimate of drug-likeness (QED) is 0.411. The maximum atomic E-state index is 13.9. The fraction of sp³-hybridized carbons (Fsp3) is 0.185. The molecule has 172 valence electrons. The number of para-hydroxylation sites is 4. The van der Waals surface area contributed by atoms with Crippen LogP contribution >= 0.6 is 0 Å². The second kappa shape index (κ2) is 10.1. The van der Waals surface area contributed by atoms with Gasteiger partial charge in [0.1, 0.15) is 11.7 Å². The molecule has 0 saturated carbocycles. The van der Waals surface area contributed by atoms with E-state index in [4.69, 9.17) is 0 Å². The van der Waals surface area contributed by atoms with Crippen molar-refractivity contribution < 1.29 is 9.59 Å². The minimum atomic E-state index is -0.753. The number of nitrogens with zero attached hydrogens (tertiary/aromatic N) is 2. The average Bonchev–Trinajstić information content (AvgIpc) is 2.86. The first-order valence-corrected chi connectivity index (χ1v) is 11.3. The van der Waals surface area contributed by atoms with Crippen LogP contribution in [-0.2, 0) is 9.59 Å². The van der Waals surface area contributed by atoms with Crippen molar-refractivity contribution in [2.75, 3.05) is 10.6 Å². The van der Waals surface area contributed by atoms with Gasteiger partial charge in [-0.25, -0.2) is 4.98 Å². The second-order valence-electron chi connectivity index (χ2n) is 7.85. The lowest BCUT2D eigenvalue weighted by Crippen LogP contribution is -2.34. The Hall–Kier alpha value is -4.26. The monoisotopic (exact) mass is 454 g/mol. The maximum absolute atomic E-state index is 13.9. The van der Waals surface area contributed by atoms with Gasteiger partial charge in [-0.15, -0.1) is 0 Å². The zero-order valence-electron chi connectivity index (χ0n) is 19.1. The number of fused-ring (bicyclic) bond motifs is 1. The molecule has 1 aromatic heterocycles. The third-order valence-electron chi connectivity index (χ3n) is 5.61. The number of benzene rings is 3. The summed E-state index contributed by atoms with van der Waals surface area (Å²) >= 11 is 0. The van der Waals surface area contributed by atoms with E-state index in [2.05, 4.69) is 15.6 Å². The number of aromatic nitrogens is 2. The Morgan fingerprint density at radius 1 is 0.882 bits per heavy atom. The smallest absolute Gasteiger partial charge is 0.278 e. The number of carbonyl (C=O) groups excluding carboxylic acids is 2. The van der Waals surface area contributed by atoms with Crippen LogP contribution in [0.3, 0.4) is 0 Å². The molecular weight excluding hydrogens is 428 g/mol. The van der Waals surface area contributed by atoms with Gasteiger partial charge in [0.05, 0.1) is 16.7 Å². The summed E-state index contributed by atoms with van der Waals surface area (Å²) in [4.78, 5) is 43.9. The van der Waals surface area contributed by atoms with Crippen LogP contribution in [-0.4, -0.2) is 21.4 Å². The van der Waals surface area contributed by atoms with E-state index in [9.17, 15) is 14.4 Å². The molecule has 0 spiro atoms. The molecule has 4 aromatic rings. The van der Waals surface area contributed by atoms with Crippen LogP contribution in [0, 0.1) is 0 Å². The molecule has 3 aromatic carbocycles. The maximum Gasteiger partial charge on any atom is 0.278 e. The molecule has 2 amide bonds. The third kappa shape index (κ3) is 4.59. The zero-order chi connectivity index (χ0) is 24.1. The highest BCUT2D eigenvalue weighted by Crippen LogP contribution is 2.27. The van der Waals surface area contributed by atoms with Crippen molar-refractivity contribution in [1.82, 2.24) is 9.55 Å². The van der Waals surface area contributed by atoms with Gasteiger partial charge >= 0.3 is 0 Å². The normalized spacial score (nSPS) is 11.7. The molecule has 0 aliphatic rings. The van der Waals surface area contributed by atoms with Crippen molar-refractivity contribution in [3.8, 4) is 11.3 Å². The lowest BCUT2D eigenvalue weighted by atomic mass is 10.1. The highest BCUT2D eigenvalue weighted by molar-refractivity contribution is 5.96. The minimum Gasteiger partial charge on any atom is -0.325 e. The van der Waals surface area contributed by atoms with Gasteiger partial charge in [0.15, 0.2) is 0 Å². The summed E-state index contributed by atoms with van der Waals surface area (Å²) < 4.78 is 1.51. The highest BCUT2D eigenvalue weighted by Gasteiger charge is 2.25. The van der Waals surface area contributed by atoms with Crippen LogP contribution in [0.2, 0.25) is 0 Å². The molecular formula is C27H26N4O3. The molecule has 1 atom stereocenters. The summed E-state index contributed by atoms with van der Waals surface area (Å²) in [6.45, 7) is 3.63. The number of amides is 2. The molecule has 7 nitrogen and oxygen atoms in total. The molecule has 0 saturated heterocycles. The predicted octanol–water partition coefficient (Wildman–Crippen LogP) is 5.00. The van der Waals surface area contributed by atoms with Gasteiger partial charge in [-0.3, -0.25) is 19.0 Å². The number of nitrogens with one attached hydrogen (secondary N) is 2. The van der Waals surface area contributed by atoms with Gasteiger partial charge in [-0.1, -0.05) is 62.4 Å². The Morgan fingerprint density at radius 2 is 1.56 bits per heavy atom. The first-order chi connectivity index (χ1) is 16.5. The molecule has 2 N–H and O–H groups in total. The molecule has 1 heterocycles. The van der Waals surface area contributed by atoms with Crippen LogP contribution in [0.25, 0.3) is 22.3 Å². The molecule has 0 aliphatic carbocycles. The Bertz CT molecular complexity index is 1400. The number of hydrogen-bond acceptors (Lipinski definition) is 4. The lowest BCUT2D eigenvalue weighted by Gasteiger charge is -2.21. The summed E-state index contributed by atoms with van der Waals surface area (Å²) in [5.41, 5.74) is 2.60. The molecule has 0 radical (unpaired) electrons. The van der Waals surface area contributed by atoms with Gasteiger partial charge in [-0.2, -0.15) is 0 Å². The average molecular weight is 455 g/mol. The second-order valence-corrected chi connectivity index (χ2v) is 7.85. The SMILES string of the molecule is CCC(=O)Nc1ccccc1-c1nc2ccccc2n([C@@H](CC)C(=O)Nc2ccccc2)c1=O. The van der Waals surface area contributed by atoms with E-state index < -0.39 is 11.6 Å². The van der Waals surface area contributed by atoms with Crippen LogP contribution in [0.4, 0.5) is 11.4 Å². The van der Waals surface area contributed by atoms with E-state index in [0.717, 1.165) is 0 Å². The van der Waals surface area contributed by atoms with Crippen LogP contribution in [0.5, 0.6) is 0 Å². The van der Waals surface area contributed by atoms with Crippen molar-refractivity contribution in [3.63, 3.8) is 0 Å². The molecule has 0 fully saturated rings. The Balaban J connectivity index is 1.89. The summed E-state index contributed by atoms with van der Waals surface area (Å²) in [6.07, 6.45) is 0.710. The molecule has 0 bridgehead atoms. The van der Waals surface area contributed by atoms with Crippen molar-refractivity contribution >= 4 is 34.2 Å². The number of hydrogen-bond donors (Lipinski definition) is 2. The molecule has 4 rings (SSSR count). The van der Waals surface area contributed by atoms with E-state index in [1.807, 2.05) is 43.3 Å². The van der Waals surface area contributed by atoms with Crippen molar-refractivity contribution in [3.05, 3.63) is 89.2 Å². The summed E-state index contributed by atoms with van der Waals surface area (Å²) in [7, 11) is 0. The summed E-state index contributed by atoms with van der Waals surface area (Å²) in [5.74, 6) is -0.451. The fourth-order valence-corrected chi connectivity index (χ4v) is 3.91. The molecule has 7 heteroatoms. The number of anilines is 2.